The zero-order valence-electron chi connectivity index (χ0n) is 9.70. The number of carbonyl (C=O) groups is 2. The second kappa shape index (κ2) is 6.62. The molecule has 5 nitrogen and oxygen atoms in total. The van der Waals surface area contributed by atoms with E-state index in [2.05, 4.69) is 10.1 Å². The Morgan fingerprint density at radius 1 is 1.50 bits per heavy atom. The quantitative estimate of drug-likeness (QED) is 0.847. The molecule has 0 saturated heterocycles. The van der Waals surface area contributed by atoms with Gasteiger partial charge < -0.3 is 10.1 Å². The average Bonchev–Trinajstić information content (AvgIpc) is 2.36. The third-order valence-electron chi connectivity index (χ3n) is 2.03. The molecule has 0 fully saturated rings. The number of ether oxygens (including phenoxy) is 1. The summed E-state index contributed by atoms with van der Waals surface area (Å²) in [6, 6.07) is 6.41. The topological polar surface area (TPSA) is 79.2 Å². The van der Waals surface area contributed by atoms with E-state index in [0.717, 1.165) is 0 Å². The van der Waals surface area contributed by atoms with E-state index in [4.69, 9.17) is 16.9 Å². The van der Waals surface area contributed by atoms with E-state index in [0.29, 0.717) is 11.3 Å². The summed E-state index contributed by atoms with van der Waals surface area (Å²) in [6.45, 7) is 1.30. The van der Waals surface area contributed by atoms with Crippen LogP contribution >= 0.6 is 11.6 Å². The molecule has 1 aromatic carbocycles. The summed E-state index contributed by atoms with van der Waals surface area (Å²) < 4.78 is 4.66. The van der Waals surface area contributed by atoms with Crippen molar-refractivity contribution in [3.63, 3.8) is 0 Å². The standard InChI is InChI=1S/C12H11ClN2O3/c1-2-12(17)18-7-11(16)15-9-4-3-8(6-14)10(13)5-9/h3-5H,2,7H2,1H3,(H,15,16). The van der Waals surface area contributed by atoms with Crippen LogP contribution in [0.1, 0.15) is 18.9 Å². The molecule has 0 spiro atoms. The van der Waals surface area contributed by atoms with Gasteiger partial charge in [-0.1, -0.05) is 18.5 Å². The minimum atomic E-state index is -0.461. The van der Waals surface area contributed by atoms with Gasteiger partial charge in [-0.25, -0.2) is 0 Å². The van der Waals surface area contributed by atoms with Gasteiger partial charge >= 0.3 is 5.97 Å². The van der Waals surface area contributed by atoms with Crippen LogP contribution < -0.4 is 5.32 Å². The van der Waals surface area contributed by atoms with Gasteiger partial charge in [-0.3, -0.25) is 9.59 Å². The number of rotatable bonds is 4. The number of anilines is 1. The Bertz CT molecular complexity index is 509. The molecule has 1 rings (SSSR count). The lowest BCUT2D eigenvalue weighted by Gasteiger charge is -2.06. The van der Waals surface area contributed by atoms with Crippen molar-refractivity contribution >= 4 is 29.2 Å². The Balaban J connectivity index is 2.58. The zero-order chi connectivity index (χ0) is 13.5. The summed E-state index contributed by atoms with van der Waals surface area (Å²) in [6.07, 6.45) is 0.218. The van der Waals surface area contributed by atoms with Crippen molar-refractivity contribution in [2.75, 3.05) is 11.9 Å². The molecule has 0 atom stereocenters. The number of nitrogens with zero attached hydrogens (tertiary/aromatic N) is 1. The lowest BCUT2D eigenvalue weighted by atomic mass is 10.2. The third kappa shape index (κ3) is 4.07. The van der Waals surface area contributed by atoms with Crippen LogP contribution in [-0.2, 0) is 14.3 Å². The number of amides is 1. The van der Waals surface area contributed by atoms with Gasteiger partial charge in [0.2, 0.25) is 0 Å². The molecule has 0 radical (unpaired) electrons. The highest BCUT2D eigenvalue weighted by molar-refractivity contribution is 6.32. The molecule has 0 heterocycles. The van der Waals surface area contributed by atoms with Gasteiger partial charge in [0.05, 0.1) is 10.6 Å². The number of halogens is 1. The molecule has 0 aliphatic heterocycles. The maximum atomic E-state index is 11.4. The minimum absolute atomic E-state index is 0.218. The van der Waals surface area contributed by atoms with Crippen molar-refractivity contribution in [1.29, 1.82) is 5.26 Å². The Kier molecular flexibility index (Phi) is 5.15. The number of hydrogen-bond acceptors (Lipinski definition) is 4. The Morgan fingerprint density at radius 2 is 2.22 bits per heavy atom. The number of nitrogens with one attached hydrogen (secondary N) is 1. The first-order chi connectivity index (χ1) is 8.56. The highest BCUT2D eigenvalue weighted by Crippen LogP contribution is 2.19. The fourth-order valence-electron chi connectivity index (χ4n) is 1.13. The van der Waals surface area contributed by atoms with Crippen LogP contribution in [0.4, 0.5) is 5.69 Å². The molecule has 94 valence electrons. The number of esters is 1. The molecule has 0 aromatic heterocycles. The van der Waals surface area contributed by atoms with Gasteiger partial charge in [0, 0.05) is 12.1 Å². The van der Waals surface area contributed by atoms with Crippen molar-refractivity contribution in [3.05, 3.63) is 28.8 Å². The molecule has 0 aliphatic carbocycles. The molecule has 0 aliphatic rings. The molecule has 18 heavy (non-hydrogen) atoms. The molecule has 6 heteroatoms. The van der Waals surface area contributed by atoms with Crippen molar-refractivity contribution in [2.45, 2.75) is 13.3 Å². The van der Waals surface area contributed by atoms with Crippen molar-refractivity contribution in [1.82, 2.24) is 0 Å². The van der Waals surface area contributed by atoms with Gasteiger partial charge in [-0.2, -0.15) is 5.26 Å². The zero-order valence-corrected chi connectivity index (χ0v) is 10.5. The van der Waals surface area contributed by atoms with E-state index < -0.39 is 11.9 Å². The van der Waals surface area contributed by atoms with Gasteiger partial charge in [0.15, 0.2) is 6.61 Å². The SMILES string of the molecule is CCC(=O)OCC(=O)Nc1ccc(C#N)c(Cl)c1. The first kappa shape index (κ1) is 14.0. The first-order valence-corrected chi connectivity index (χ1v) is 5.59. The van der Waals surface area contributed by atoms with E-state index in [1.807, 2.05) is 6.07 Å². The second-order valence-corrected chi connectivity index (χ2v) is 3.78. The predicted octanol–water partition coefficient (Wildman–Crippen LogP) is 2.10. The number of nitriles is 1. The lowest BCUT2D eigenvalue weighted by Crippen LogP contribution is -2.20. The highest BCUT2D eigenvalue weighted by Gasteiger charge is 2.07. The summed E-state index contributed by atoms with van der Waals surface area (Å²) in [5.41, 5.74) is 0.767. The number of hydrogen-bond donors (Lipinski definition) is 1. The normalized spacial score (nSPS) is 9.39. The Hall–Kier alpha value is -2.06. The van der Waals surface area contributed by atoms with Gasteiger partial charge in [-0.15, -0.1) is 0 Å². The first-order valence-electron chi connectivity index (χ1n) is 5.22. The molecule has 0 bridgehead atoms. The van der Waals surface area contributed by atoms with Crippen LogP contribution in [0, 0.1) is 11.3 Å². The van der Waals surface area contributed by atoms with Crippen LogP contribution in [0.5, 0.6) is 0 Å². The summed E-state index contributed by atoms with van der Waals surface area (Å²) >= 11 is 5.80. The number of benzene rings is 1. The highest BCUT2D eigenvalue weighted by atomic mass is 35.5. The summed E-state index contributed by atoms with van der Waals surface area (Å²) in [7, 11) is 0. The molecule has 1 amide bonds. The summed E-state index contributed by atoms with van der Waals surface area (Å²) in [4.78, 5) is 22.2. The minimum Gasteiger partial charge on any atom is -0.456 e. The van der Waals surface area contributed by atoms with Crippen LogP contribution in [0.3, 0.4) is 0 Å². The van der Waals surface area contributed by atoms with E-state index >= 15 is 0 Å². The maximum absolute atomic E-state index is 11.4. The Labute approximate surface area is 109 Å². The monoisotopic (exact) mass is 266 g/mol. The Morgan fingerprint density at radius 3 is 2.78 bits per heavy atom. The molecule has 1 aromatic rings. The fourth-order valence-corrected chi connectivity index (χ4v) is 1.35. The fraction of sp³-hybridized carbons (Fsp3) is 0.250. The van der Waals surface area contributed by atoms with Crippen LogP contribution in [0.25, 0.3) is 0 Å². The number of carbonyl (C=O) groups excluding carboxylic acids is 2. The molecule has 1 N–H and O–H groups in total. The van der Waals surface area contributed by atoms with E-state index in [9.17, 15) is 9.59 Å². The van der Waals surface area contributed by atoms with Gasteiger partial charge in [0.25, 0.3) is 5.91 Å². The van der Waals surface area contributed by atoms with Crippen molar-refractivity contribution in [3.8, 4) is 6.07 Å². The smallest absolute Gasteiger partial charge is 0.306 e. The predicted molar refractivity (Wildman–Crippen MR) is 66.0 cm³/mol. The molecule has 0 saturated carbocycles. The van der Waals surface area contributed by atoms with Gasteiger partial charge in [-0.05, 0) is 18.2 Å². The largest absolute Gasteiger partial charge is 0.456 e. The summed E-state index contributed by atoms with van der Waals surface area (Å²) in [5, 5.41) is 11.4. The van der Waals surface area contributed by atoms with Crippen molar-refractivity contribution < 1.29 is 14.3 Å². The average molecular weight is 267 g/mol. The van der Waals surface area contributed by atoms with Gasteiger partial charge in [0.1, 0.15) is 6.07 Å². The van der Waals surface area contributed by atoms with E-state index in [1.54, 1.807) is 13.0 Å². The van der Waals surface area contributed by atoms with E-state index in [1.165, 1.54) is 12.1 Å². The molecular formula is C12H11ClN2O3. The molecular weight excluding hydrogens is 256 g/mol. The second-order valence-electron chi connectivity index (χ2n) is 3.37. The van der Waals surface area contributed by atoms with Crippen LogP contribution in [-0.4, -0.2) is 18.5 Å². The maximum Gasteiger partial charge on any atom is 0.306 e. The van der Waals surface area contributed by atoms with E-state index in [-0.39, 0.29) is 18.1 Å². The summed E-state index contributed by atoms with van der Waals surface area (Å²) in [5.74, 6) is -0.902. The van der Waals surface area contributed by atoms with Crippen molar-refractivity contribution in [2.24, 2.45) is 0 Å². The lowest BCUT2D eigenvalue weighted by molar-refractivity contribution is -0.146. The molecule has 0 unspecified atom stereocenters. The van der Waals surface area contributed by atoms with Crippen LogP contribution in [0.2, 0.25) is 5.02 Å². The third-order valence-corrected chi connectivity index (χ3v) is 2.34. The van der Waals surface area contributed by atoms with Crippen LogP contribution in [0.15, 0.2) is 18.2 Å².